The predicted molar refractivity (Wildman–Crippen MR) is 245 cm³/mol. The van der Waals surface area contributed by atoms with Crippen LogP contribution >= 0.6 is 0 Å². The van der Waals surface area contributed by atoms with Crippen LogP contribution in [-0.4, -0.2) is 101 Å². The molecule has 11 rings (SSSR count). The number of amides is 3. The van der Waals surface area contributed by atoms with E-state index in [4.69, 9.17) is 5.73 Å². The van der Waals surface area contributed by atoms with Gasteiger partial charge in [0.15, 0.2) is 5.82 Å². The Hall–Kier alpha value is -5.89. The number of anilines is 5. The maximum absolute atomic E-state index is 15.6. The summed E-state index contributed by atoms with van der Waals surface area (Å²) in [6.07, 6.45) is 11.8. The molecule has 6 aliphatic rings. The number of rotatable bonds is 8. The summed E-state index contributed by atoms with van der Waals surface area (Å²) in [6, 6.07) is 21.7. The highest BCUT2D eigenvalue weighted by molar-refractivity contribution is 6.06. The summed E-state index contributed by atoms with van der Waals surface area (Å²) in [5.41, 5.74) is 14.0. The third kappa shape index (κ3) is 7.29. The zero-order valence-corrected chi connectivity index (χ0v) is 36.1. The number of likely N-dealkylation sites (tertiary alicyclic amines) is 1. The van der Waals surface area contributed by atoms with Crippen LogP contribution in [-0.2, 0) is 4.79 Å². The molecule has 1 aliphatic carbocycles. The number of piperazine rings is 1. The van der Waals surface area contributed by atoms with Crippen molar-refractivity contribution in [2.45, 2.75) is 82.8 Å². The standard InChI is InChI=1S/C49H57FN10O3/c1-31-27-59(42-11-9-33(22-39(31)42)58-19-14-46(62)52-48(58)63)37-25-49(26-37)15-20-55(21-16-49)28-32-12-17-56(18-13-32)43-23-34(8-10-40(43)50)60-35-6-7-36(60)30-57(29-35)44-24-41(53-54-47(44)51)38-4-2-3-5-45(38)61/h2-5,8-11,22-24,27,32,35-37,61H,6-7,12-21,25-26,28-30H2,1H3,(H2,51,54)(H,52,62,63). The van der Waals surface area contributed by atoms with E-state index in [1.807, 2.05) is 30.3 Å². The number of aromatic nitrogens is 3. The molecule has 1 saturated carbocycles. The second kappa shape index (κ2) is 15.7. The van der Waals surface area contributed by atoms with Crippen LogP contribution in [0, 0.1) is 24.1 Å². The van der Waals surface area contributed by atoms with Crippen LogP contribution in [0.3, 0.4) is 0 Å². The van der Waals surface area contributed by atoms with Gasteiger partial charge >= 0.3 is 6.03 Å². The number of halogens is 1. The lowest BCUT2D eigenvalue weighted by Gasteiger charge is -2.53. The Bertz CT molecular complexity index is 2560. The number of imide groups is 1. The van der Waals surface area contributed by atoms with Crippen molar-refractivity contribution < 1.29 is 19.1 Å². The number of nitrogens with two attached hydrogens (primary N) is 1. The molecule has 14 heteroatoms. The number of hydrogen-bond acceptors (Lipinski definition) is 10. The van der Waals surface area contributed by atoms with Crippen molar-refractivity contribution in [1.82, 2.24) is 25.0 Å². The Morgan fingerprint density at radius 2 is 1.57 bits per heavy atom. The Labute approximate surface area is 367 Å². The molecular weight excluding hydrogens is 796 g/mol. The van der Waals surface area contributed by atoms with Gasteiger partial charge in [-0.25, -0.2) is 9.18 Å². The number of aromatic hydroxyl groups is 1. The molecule has 2 aromatic heterocycles. The van der Waals surface area contributed by atoms with Crippen molar-refractivity contribution in [2.75, 3.05) is 77.7 Å². The van der Waals surface area contributed by atoms with Crippen LogP contribution in [0.25, 0.3) is 22.2 Å². The largest absolute Gasteiger partial charge is 0.507 e. The zero-order valence-electron chi connectivity index (χ0n) is 36.1. The summed E-state index contributed by atoms with van der Waals surface area (Å²) in [5.74, 6) is 0.803. The second-order valence-electron chi connectivity index (χ2n) is 19.3. The highest BCUT2D eigenvalue weighted by Gasteiger charge is 2.47. The van der Waals surface area contributed by atoms with Crippen LogP contribution in [0.15, 0.2) is 72.9 Å². The first kappa shape index (κ1) is 39.9. The van der Waals surface area contributed by atoms with Gasteiger partial charge in [-0.15, -0.1) is 10.2 Å². The van der Waals surface area contributed by atoms with Crippen molar-refractivity contribution in [2.24, 2.45) is 11.3 Å². The van der Waals surface area contributed by atoms with E-state index in [-0.39, 0.29) is 35.6 Å². The quantitative estimate of drug-likeness (QED) is 0.144. The van der Waals surface area contributed by atoms with Crippen molar-refractivity contribution in [3.05, 3.63) is 84.3 Å². The maximum atomic E-state index is 15.6. The van der Waals surface area contributed by atoms with E-state index in [9.17, 15) is 14.7 Å². The highest BCUT2D eigenvalue weighted by Crippen LogP contribution is 2.56. The van der Waals surface area contributed by atoms with Crippen LogP contribution in [0.5, 0.6) is 5.75 Å². The van der Waals surface area contributed by atoms with Gasteiger partial charge in [-0.3, -0.25) is 15.0 Å². The number of carbonyl (C=O) groups is 2. The molecule has 7 heterocycles. The molecule has 2 unspecified atom stereocenters. The summed E-state index contributed by atoms with van der Waals surface area (Å²) in [6.45, 7) is 9.28. The number of phenols is 1. The minimum atomic E-state index is -0.346. The Balaban J connectivity index is 0.675. The van der Waals surface area contributed by atoms with Gasteiger partial charge in [0.1, 0.15) is 11.6 Å². The third-order valence-corrected chi connectivity index (χ3v) is 15.5. The average Bonchev–Trinajstić information content (AvgIpc) is 3.74. The average molecular weight is 853 g/mol. The topological polar surface area (TPSA) is 139 Å². The summed E-state index contributed by atoms with van der Waals surface area (Å²) in [5, 5.41) is 22.6. The fourth-order valence-electron chi connectivity index (χ4n) is 12.1. The van der Waals surface area contributed by atoms with Crippen molar-refractivity contribution >= 4 is 51.4 Å². The van der Waals surface area contributed by atoms with Gasteiger partial charge < -0.3 is 35.0 Å². The molecule has 3 amide bonds. The number of fused-ring (bicyclic) bond motifs is 3. The third-order valence-electron chi connectivity index (χ3n) is 15.5. The normalized spacial score (nSPS) is 23.2. The SMILES string of the molecule is Cc1cn(C2CC3(CCN(CC4CCN(c5cc(N6C7CCC6CN(c6cc(-c8ccccc8O)nnc6N)C7)ccc5F)CC4)CC3)C2)c2ccc(N3CCC(=O)NC3=O)cc12. The second-order valence-corrected chi connectivity index (χ2v) is 19.3. The lowest BCUT2D eigenvalue weighted by atomic mass is 9.60. The van der Waals surface area contributed by atoms with Crippen LogP contribution in [0.2, 0.25) is 0 Å². The zero-order chi connectivity index (χ0) is 43.0. The first-order valence-electron chi connectivity index (χ1n) is 23.0. The number of urea groups is 1. The minimum absolute atomic E-state index is 0.145. The lowest BCUT2D eigenvalue weighted by molar-refractivity contribution is -0.120. The monoisotopic (exact) mass is 852 g/mol. The molecule has 328 valence electrons. The Kier molecular flexibility index (Phi) is 9.96. The number of piperidine rings is 2. The molecular formula is C49H57FN10O3. The van der Waals surface area contributed by atoms with E-state index >= 15 is 4.39 Å². The van der Waals surface area contributed by atoms with Crippen molar-refractivity contribution in [3.63, 3.8) is 0 Å². The first-order chi connectivity index (χ1) is 30.6. The molecule has 5 aromatic rings. The number of para-hydroxylation sites is 1. The number of phenolic OH excluding ortho intramolecular Hbond substituents is 1. The molecule has 3 aromatic carbocycles. The number of nitrogen functional groups attached to an aromatic ring is 1. The molecule has 13 nitrogen and oxygen atoms in total. The highest BCUT2D eigenvalue weighted by atomic mass is 19.1. The smallest absolute Gasteiger partial charge is 0.328 e. The molecule has 1 spiro atoms. The van der Waals surface area contributed by atoms with Crippen LogP contribution in [0.4, 0.5) is 37.8 Å². The van der Waals surface area contributed by atoms with Gasteiger partial charge in [-0.05, 0) is 143 Å². The number of hydrogen-bond donors (Lipinski definition) is 3. The molecule has 5 aliphatic heterocycles. The first-order valence-corrected chi connectivity index (χ1v) is 23.0. The molecule has 2 atom stereocenters. The number of carbonyl (C=O) groups excluding carboxylic acids is 2. The summed E-state index contributed by atoms with van der Waals surface area (Å²) < 4.78 is 18.1. The molecule has 63 heavy (non-hydrogen) atoms. The van der Waals surface area contributed by atoms with E-state index < -0.39 is 0 Å². The number of nitrogens with zero attached hydrogens (tertiary/aromatic N) is 8. The van der Waals surface area contributed by atoms with Gasteiger partial charge in [0.2, 0.25) is 5.91 Å². The fraction of sp³-hybridized carbons (Fsp3) is 0.469. The maximum Gasteiger partial charge on any atom is 0.328 e. The molecule has 4 N–H and O–H groups in total. The van der Waals surface area contributed by atoms with E-state index in [2.05, 4.69) is 71.0 Å². The molecule has 6 fully saturated rings. The van der Waals surface area contributed by atoms with Gasteiger partial charge in [0, 0.05) is 97.9 Å². The Morgan fingerprint density at radius 1 is 0.825 bits per heavy atom. The summed E-state index contributed by atoms with van der Waals surface area (Å²) in [7, 11) is 0. The van der Waals surface area contributed by atoms with E-state index in [0.29, 0.717) is 47.4 Å². The number of nitrogens with one attached hydrogen (secondary N) is 1. The predicted octanol–water partition coefficient (Wildman–Crippen LogP) is 7.47. The van der Waals surface area contributed by atoms with Gasteiger partial charge in [0.05, 0.1) is 17.1 Å². The fourth-order valence-corrected chi connectivity index (χ4v) is 12.1. The van der Waals surface area contributed by atoms with Crippen LogP contribution < -0.4 is 30.7 Å². The van der Waals surface area contributed by atoms with Crippen LogP contribution in [0.1, 0.15) is 69.4 Å². The minimum Gasteiger partial charge on any atom is -0.507 e. The number of benzene rings is 3. The van der Waals surface area contributed by atoms with Crippen molar-refractivity contribution in [1.29, 1.82) is 0 Å². The molecule has 2 bridgehead atoms. The van der Waals surface area contributed by atoms with Gasteiger partial charge in [0.25, 0.3) is 0 Å². The Morgan fingerprint density at radius 3 is 2.32 bits per heavy atom. The number of aryl methyl sites for hydroxylation is 1. The van der Waals surface area contributed by atoms with Gasteiger partial charge in [-0.2, -0.15) is 0 Å². The van der Waals surface area contributed by atoms with E-state index in [1.165, 1.54) is 42.1 Å². The van der Waals surface area contributed by atoms with E-state index in [1.54, 1.807) is 23.1 Å². The summed E-state index contributed by atoms with van der Waals surface area (Å²) in [4.78, 5) is 35.6. The van der Waals surface area contributed by atoms with E-state index in [0.717, 1.165) is 94.2 Å². The lowest BCUT2D eigenvalue weighted by Crippen LogP contribution is -2.54. The van der Waals surface area contributed by atoms with Crippen molar-refractivity contribution in [3.8, 4) is 17.0 Å². The molecule has 5 saturated heterocycles. The van der Waals surface area contributed by atoms with Gasteiger partial charge in [-0.1, -0.05) is 12.1 Å². The molecule has 0 radical (unpaired) electrons. The summed E-state index contributed by atoms with van der Waals surface area (Å²) >= 11 is 0.